The Bertz CT molecular complexity index is 1050. The molecule has 0 spiro atoms. The molecule has 0 radical (unpaired) electrons. The summed E-state index contributed by atoms with van der Waals surface area (Å²) in [7, 11) is 0. The third-order valence-corrected chi connectivity index (χ3v) is 5.40. The second kappa shape index (κ2) is 9.44. The normalized spacial score (nSPS) is 10.3. The Hall–Kier alpha value is -3.04. The van der Waals surface area contributed by atoms with Gasteiger partial charge in [0.2, 0.25) is 0 Å². The van der Waals surface area contributed by atoms with E-state index < -0.39 is 17.7 Å². The Morgan fingerprint density at radius 2 is 1.69 bits per heavy atom. The number of carbonyl (C=O) groups excluding carboxylic acids is 3. The molecule has 2 aromatic carbocycles. The lowest BCUT2D eigenvalue weighted by atomic mass is 10.2. The molecule has 6 nitrogen and oxygen atoms in total. The highest BCUT2D eigenvalue weighted by atomic mass is 79.9. The van der Waals surface area contributed by atoms with E-state index in [2.05, 4.69) is 32.1 Å². The van der Waals surface area contributed by atoms with E-state index >= 15 is 0 Å². The molecule has 0 atom stereocenters. The number of amides is 3. The third-order valence-electron chi connectivity index (χ3n) is 3.77. The maximum atomic E-state index is 13.0. The minimum absolute atomic E-state index is 0.295. The van der Waals surface area contributed by atoms with Gasteiger partial charge in [-0.3, -0.25) is 25.2 Å². The highest BCUT2D eigenvalue weighted by Gasteiger charge is 2.12. The van der Waals surface area contributed by atoms with Gasteiger partial charge in [-0.25, -0.2) is 4.39 Å². The molecular weight excluding hydrogens is 461 g/mol. The van der Waals surface area contributed by atoms with Crippen molar-refractivity contribution in [2.24, 2.45) is 0 Å². The van der Waals surface area contributed by atoms with Crippen molar-refractivity contribution in [2.75, 3.05) is 6.54 Å². The van der Waals surface area contributed by atoms with Gasteiger partial charge in [-0.1, -0.05) is 34.1 Å². The van der Waals surface area contributed by atoms with Crippen molar-refractivity contribution in [2.45, 2.75) is 0 Å². The first-order chi connectivity index (χ1) is 13.9. The average molecular weight is 476 g/mol. The molecule has 0 aliphatic rings. The summed E-state index contributed by atoms with van der Waals surface area (Å²) in [5, 5.41) is 2.47. The fourth-order valence-corrected chi connectivity index (χ4v) is 3.66. The Balaban J connectivity index is 1.48. The highest BCUT2D eigenvalue weighted by molar-refractivity contribution is 9.10. The molecule has 3 aromatic rings. The Labute approximate surface area is 178 Å². The van der Waals surface area contributed by atoms with Gasteiger partial charge in [0.25, 0.3) is 17.7 Å². The molecule has 1 heterocycles. The average Bonchev–Trinajstić information content (AvgIpc) is 3.21. The van der Waals surface area contributed by atoms with Crippen LogP contribution in [0.15, 0.2) is 65.1 Å². The second-order valence-corrected chi connectivity index (χ2v) is 7.87. The van der Waals surface area contributed by atoms with Crippen molar-refractivity contribution in [1.29, 1.82) is 0 Å². The van der Waals surface area contributed by atoms with Crippen LogP contribution in [0.25, 0.3) is 10.4 Å². The lowest BCUT2D eigenvalue weighted by Crippen LogP contribution is -2.46. The van der Waals surface area contributed by atoms with E-state index in [0.29, 0.717) is 10.4 Å². The monoisotopic (exact) mass is 475 g/mol. The topological polar surface area (TPSA) is 87.3 Å². The zero-order valence-corrected chi connectivity index (χ0v) is 17.3. The van der Waals surface area contributed by atoms with Crippen molar-refractivity contribution >= 4 is 45.0 Å². The summed E-state index contributed by atoms with van der Waals surface area (Å²) in [5.74, 6) is -1.81. The van der Waals surface area contributed by atoms with Crippen molar-refractivity contribution in [3.63, 3.8) is 0 Å². The Morgan fingerprint density at radius 3 is 2.41 bits per heavy atom. The van der Waals surface area contributed by atoms with Crippen LogP contribution >= 0.6 is 27.3 Å². The van der Waals surface area contributed by atoms with Crippen LogP contribution in [0, 0.1) is 5.82 Å². The first-order valence-electron chi connectivity index (χ1n) is 8.41. The summed E-state index contributed by atoms with van der Waals surface area (Å²) in [5.41, 5.74) is 5.74. The number of hydrogen-bond acceptors (Lipinski definition) is 4. The van der Waals surface area contributed by atoms with E-state index in [1.807, 2.05) is 0 Å². The fraction of sp³-hybridized carbons (Fsp3) is 0.0500. The molecule has 3 N–H and O–H groups in total. The van der Waals surface area contributed by atoms with Gasteiger partial charge in [0.05, 0.1) is 11.4 Å². The number of carbonyl (C=O) groups is 3. The first kappa shape index (κ1) is 20.7. The number of hydrogen-bond donors (Lipinski definition) is 3. The molecular formula is C20H15BrFN3O3S. The summed E-state index contributed by atoms with van der Waals surface area (Å²) in [6.07, 6.45) is 0. The van der Waals surface area contributed by atoms with Gasteiger partial charge in [0.1, 0.15) is 5.82 Å². The van der Waals surface area contributed by atoms with Gasteiger partial charge in [-0.15, -0.1) is 11.3 Å². The maximum Gasteiger partial charge on any atom is 0.279 e. The SMILES string of the molecule is O=C(CNC(=O)c1cccc(Br)c1)NNC(=O)c1ccc(-c2ccc(F)cc2)s1. The number of hydrazine groups is 1. The lowest BCUT2D eigenvalue weighted by Gasteiger charge is -2.08. The van der Waals surface area contributed by atoms with Gasteiger partial charge < -0.3 is 5.32 Å². The van der Waals surface area contributed by atoms with Crippen LogP contribution in [0.4, 0.5) is 4.39 Å². The lowest BCUT2D eigenvalue weighted by molar-refractivity contribution is -0.120. The van der Waals surface area contributed by atoms with Crippen molar-refractivity contribution in [3.05, 3.63) is 81.4 Å². The molecule has 3 rings (SSSR count). The molecule has 0 saturated heterocycles. The molecule has 29 heavy (non-hydrogen) atoms. The van der Waals surface area contributed by atoms with Gasteiger partial charge >= 0.3 is 0 Å². The summed E-state index contributed by atoms with van der Waals surface area (Å²) >= 11 is 4.48. The molecule has 0 aliphatic carbocycles. The van der Waals surface area contributed by atoms with Crippen LogP contribution in [0.1, 0.15) is 20.0 Å². The van der Waals surface area contributed by atoms with Crippen LogP contribution < -0.4 is 16.2 Å². The van der Waals surface area contributed by atoms with Crippen LogP contribution in [0.2, 0.25) is 0 Å². The smallest absolute Gasteiger partial charge is 0.279 e. The quantitative estimate of drug-likeness (QED) is 0.493. The van der Waals surface area contributed by atoms with E-state index in [1.165, 1.54) is 23.5 Å². The first-order valence-corrected chi connectivity index (χ1v) is 10.0. The van der Waals surface area contributed by atoms with E-state index in [0.717, 1.165) is 14.9 Å². The summed E-state index contributed by atoms with van der Waals surface area (Å²) in [6, 6.07) is 16.0. The Kier molecular flexibility index (Phi) is 6.73. The van der Waals surface area contributed by atoms with E-state index in [-0.39, 0.29) is 12.4 Å². The zero-order valence-electron chi connectivity index (χ0n) is 14.9. The predicted molar refractivity (Wildman–Crippen MR) is 112 cm³/mol. The van der Waals surface area contributed by atoms with E-state index in [9.17, 15) is 18.8 Å². The molecule has 0 saturated carbocycles. The minimum atomic E-state index is -0.572. The largest absolute Gasteiger partial charge is 0.343 e. The van der Waals surface area contributed by atoms with E-state index in [1.54, 1.807) is 48.5 Å². The zero-order chi connectivity index (χ0) is 20.8. The molecule has 0 aliphatic heterocycles. The van der Waals surface area contributed by atoms with Crippen LogP contribution in [0.3, 0.4) is 0 Å². The molecule has 0 unspecified atom stereocenters. The molecule has 0 bridgehead atoms. The molecule has 9 heteroatoms. The third kappa shape index (κ3) is 5.72. The standard InChI is InChI=1S/C20H15BrFN3O3S/c21-14-3-1-2-13(10-14)19(27)23-11-18(26)24-25-20(28)17-9-8-16(29-17)12-4-6-15(22)7-5-12/h1-10H,11H2,(H,23,27)(H,24,26)(H,25,28). The summed E-state index contributed by atoms with van der Waals surface area (Å²) in [6.45, 7) is -0.295. The van der Waals surface area contributed by atoms with Gasteiger partial charge in [0.15, 0.2) is 0 Å². The number of benzene rings is 2. The maximum absolute atomic E-state index is 13.0. The summed E-state index contributed by atoms with van der Waals surface area (Å²) in [4.78, 5) is 37.2. The second-order valence-electron chi connectivity index (χ2n) is 5.87. The Morgan fingerprint density at radius 1 is 0.931 bits per heavy atom. The predicted octanol–water partition coefficient (Wildman–Crippen LogP) is 3.51. The molecule has 1 aromatic heterocycles. The summed E-state index contributed by atoms with van der Waals surface area (Å²) < 4.78 is 13.8. The van der Waals surface area contributed by atoms with Gasteiger partial charge in [0, 0.05) is 14.9 Å². The van der Waals surface area contributed by atoms with Crippen LogP contribution in [-0.2, 0) is 4.79 Å². The van der Waals surface area contributed by atoms with Crippen molar-refractivity contribution in [1.82, 2.24) is 16.2 Å². The van der Waals surface area contributed by atoms with Crippen LogP contribution in [-0.4, -0.2) is 24.3 Å². The van der Waals surface area contributed by atoms with Gasteiger partial charge in [-0.05, 0) is 48.0 Å². The van der Waals surface area contributed by atoms with E-state index in [4.69, 9.17) is 0 Å². The molecule has 3 amide bonds. The highest BCUT2D eigenvalue weighted by Crippen LogP contribution is 2.28. The van der Waals surface area contributed by atoms with Crippen molar-refractivity contribution < 1.29 is 18.8 Å². The number of nitrogens with one attached hydrogen (secondary N) is 3. The molecule has 0 fully saturated rings. The fourth-order valence-electron chi connectivity index (χ4n) is 2.35. The van der Waals surface area contributed by atoms with Crippen LogP contribution in [0.5, 0.6) is 0 Å². The number of thiophene rings is 1. The minimum Gasteiger partial charge on any atom is -0.343 e. The number of rotatable bonds is 5. The molecule has 148 valence electrons. The van der Waals surface area contributed by atoms with Gasteiger partial charge in [-0.2, -0.15) is 0 Å². The van der Waals surface area contributed by atoms with Crippen molar-refractivity contribution in [3.8, 4) is 10.4 Å². The number of halogens is 2.